The molecule has 7 nitrogen and oxygen atoms in total. The predicted molar refractivity (Wildman–Crippen MR) is 130 cm³/mol. The van der Waals surface area contributed by atoms with Gasteiger partial charge >= 0.3 is 5.69 Å². The Kier molecular flexibility index (Phi) is 4.98. The fourth-order valence-electron chi connectivity index (χ4n) is 4.99. The topological polar surface area (TPSA) is 91.2 Å². The number of amides is 1. The number of carbonyl (C=O) groups excluding carboxylic acids is 1. The first-order valence-corrected chi connectivity index (χ1v) is 11.8. The quantitative estimate of drug-likeness (QED) is 0.479. The number of phenolic OH excluding ortho intramolecular Hbond substituents is 1. The first-order chi connectivity index (χ1) is 16.5. The summed E-state index contributed by atoms with van der Waals surface area (Å²) in [6, 6.07) is 19.3. The van der Waals surface area contributed by atoms with Gasteiger partial charge in [0.15, 0.2) is 0 Å². The second-order valence-corrected chi connectivity index (χ2v) is 9.49. The summed E-state index contributed by atoms with van der Waals surface area (Å²) >= 11 is 0. The molecule has 1 saturated heterocycles. The van der Waals surface area contributed by atoms with Crippen molar-refractivity contribution in [3.8, 4) is 22.6 Å². The van der Waals surface area contributed by atoms with Gasteiger partial charge in [0.2, 0.25) is 5.91 Å². The Morgan fingerprint density at radius 1 is 0.971 bits per heavy atom. The van der Waals surface area contributed by atoms with Crippen LogP contribution >= 0.6 is 0 Å². The molecule has 4 aromatic rings. The second-order valence-electron chi connectivity index (χ2n) is 9.49. The largest absolute Gasteiger partial charge is 0.508 e. The highest BCUT2D eigenvalue weighted by Gasteiger charge is 2.36. The summed E-state index contributed by atoms with van der Waals surface area (Å²) in [5, 5.41) is 18.6. The highest BCUT2D eigenvalue weighted by atomic mass is 16.3. The second kappa shape index (κ2) is 8.17. The summed E-state index contributed by atoms with van der Waals surface area (Å²) in [7, 11) is 0. The number of aromatic amines is 1. The highest BCUT2D eigenvalue weighted by Crippen LogP contribution is 2.33. The Balaban J connectivity index is 1.22. The van der Waals surface area contributed by atoms with Crippen LogP contribution in [0.4, 0.5) is 0 Å². The standard InChI is InChI=1S/C27H26N4O3/c32-24-10-7-21-14-20(3-4-22(21)15-24)18-5-8-23(9-6-18)31-25(28-29-27(31)34)13-17-11-12-30(16-17)26(33)19-1-2-19/h3-10,14-15,17,19,32H,1-2,11-13,16H2,(H,29,34)/t17-/m0/s1. The van der Waals surface area contributed by atoms with Gasteiger partial charge in [0.25, 0.3) is 0 Å². The third kappa shape index (κ3) is 3.87. The number of nitrogens with zero attached hydrogens (tertiary/aromatic N) is 3. The lowest BCUT2D eigenvalue weighted by atomic mass is 10.0. The summed E-state index contributed by atoms with van der Waals surface area (Å²) in [5.41, 5.74) is 2.63. The SMILES string of the molecule is O=C(C1CC1)N1CC[C@@H](Cc2n[nH]c(=O)n2-c2ccc(-c3ccc4cc(O)ccc4c3)cc2)C1. The molecule has 7 heteroatoms. The van der Waals surface area contributed by atoms with Gasteiger partial charge in [0.05, 0.1) is 5.69 Å². The molecule has 1 amide bonds. The molecular weight excluding hydrogens is 428 g/mol. The van der Waals surface area contributed by atoms with Gasteiger partial charge < -0.3 is 10.0 Å². The van der Waals surface area contributed by atoms with E-state index in [4.69, 9.17) is 0 Å². The van der Waals surface area contributed by atoms with Gasteiger partial charge in [0.1, 0.15) is 11.6 Å². The van der Waals surface area contributed by atoms with E-state index in [1.807, 2.05) is 47.4 Å². The highest BCUT2D eigenvalue weighted by molar-refractivity contribution is 5.88. The molecule has 0 spiro atoms. The molecule has 1 saturated carbocycles. The molecule has 6 rings (SSSR count). The normalized spacial score (nSPS) is 18.0. The number of nitrogens with one attached hydrogen (secondary N) is 1. The monoisotopic (exact) mass is 454 g/mol. The molecule has 1 aromatic heterocycles. The Hall–Kier alpha value is -3.87. The molecular formula is C27H26N4O3. The van der Waals surface area contributed by atoms with Gasteiger partial charge in [-0.2, -0.15) is 5.10 Å². The molecule has 2 aliphatic rings. The Morgan fingerprint density at radius 2 is 1.71 bits per heavy atom. The lowest BCUT2D eigenvalue weighted by molar-refractivity contribution is -0.131. The molecule has 0 radical (unpaired) electrons. The van der Waals surface area contributed by atoms with Crippen LogP contribution in [0, 0.1) is 11.8 Å². The van der Waals surface area contributed by atoms with Gasteiger partial charge in [0, 0.05) is 25.4 Å². The zero-order valence-electron chi connectivity index (χ0n) is 18.8. The van der Waals surface area contributed by atoms with Gasteiger partial charge in [-0.15, -0.1) is 0 Å². The van der Waals surface area contributed by atoms with Crippen molar-refractivity contribution >= 4 is 16.7 Å². The molecule has 1 aliphatic carbocycles. The number of hydrogen-bond acceptors (Lipinski definition) is 4. The number of phenols is 1. The summed E-state index contributed by atoms with van der Waals surface area (Å²) in [4.78, 5) is 26.9. The van der Waals surface area contributed by atoms with Crippen LogP contribution in [0.25, 0.3) is 27.6 Å². The minimum absolute atomic E-state index is 0.246. The zero-order chi connectivity index (χ0) is 23.2. The van der Waals surface area contributed by atoms with Gasteiger partial charge in [-0.3, -0.25) is 4.79 Å². The summed E-state index contributed by atoms with van der Waals surface area (Å²) in [6.45, 7) is 1.55. The third-order valence-corrected chi connectivity index (χ3v) is 7.02. The maximum Gasteiger partial charge on any atom is 0.347 e. The Bertz CT molecular complexity index is 1430. The molecule has 1 atom stereocenters. The maximum atomic E-state index is 12.6. The van der Waals surface area contributed by atoms with E-state index in [9.17, 15) is 14.7 Å². The average Bonchev–Trinajstić information content (AvgIpc) is 3.50. The van der Waals surface area contributed by atoms with E-state index in [1.165, 1.54) is 0 Å². The van der Waals surface area contributed by atoms with E-state index in [2.05, 4.69) is 16.3 Å². The molecule has 172 valence electrons. The molecule has 2 heterocycles. The lowest BCUT2D eigenvalue weighted by Crippen LogP contribution is -2.30. The van der Waals surface area contributed by atoms with Crippen LogP contribution < -0.4 is 5.69 Å². The summed E-state index contributed by atoms with van der Waals surface area (Å²) in [5.74, 6) is 1.81. The summed E-state index contributed by atoms with van der Waals surface area (Å²) < 4.78 is 1.64. The van der Waals surface area contributed by atoms with Gasteiger partial charge in [-0.05, 0) is 77.4 Å². The van der Waals surface area contributed by atoms with Crippen LogP contribution in [0.5, 0.6) is 5.75 Å². The lowest BCUT2D eigenvalue weighted by Gasteiger charge is -2.16. The predicted octanol–water partition coefficient (Wildman–Crippen LogP) is 3.89. The number of hydrogen-bond donors (Lipinski definition) is 2. The third-order valence-electron chi connectivity index (χ3n) is 7.02. The molecule has 0 unspecified atom stereocenters. The van der Waals surface area contributed by atoms with Crippen LogP contribution in [0.1, 0.15) is 25.1 Å². The van der Waals surface area contributed by atoms with Crippen molar-refractivity contribution < 1.29 is 9.90 Å². The Labute approximate surface area is 196 Å². The van der Waals surface area contributed by atoms with E-state index in [0.717, 1.165) is 59.9 Å². The van der Waals surface area contributed by atoms with E-state index in [0.29, 0.717) is 24.1 Å². The van der Waals surface area contributed by atoms with Crippen molar-refractivity contribution in [2.24, 2.45) is 11.8 Å². The first kappa shape index (κ1) is 20.7. The maximum absolute atomic E-state index is 12.6. The van der Waals surface area contributed by atoms with E-state index in [-0.39, 0.29) is 17.4 Å². The van der Waals surface area contributed by atoms with Gasteiger partial charge in [-0.25, -0.2) is 14.5 Å². The molecule has 3 aromatic carbocycles. The number of benzene rings is 3. The van der Waals surface area contributed by atoms with E-state index < -0.39 is 0 Å². The fraction of sp³-hybridized carbons (Fsp3) is 0.296. The molecule has 2 fully saturated rings. The number of aromatic hydroxyl groups is 1. The van der Waals surface area contributed by atoms with E-state index >= 15 is 0 Å². The zero-order valence-corrected chi connectivity index (χ0v) is 18.8. The Morgan fingerprint density at radius 3 is 2.50 bits per heavy atom. The van der Waals surface area contributed by atoms with Gasteiger partial charge in [-0.1, -0.05) is 30.3 Å². The smallest absolute Gasteiger partial charge is 0.347 e. The molecule has 0 bridgehead atoms. The number of carbonyl (C=O) groups is 1. The minimum Gasteiger partial charge on any atom is -0.508 e. The first-order valence-electron chi connectivity index (χ1n) is 11.8. The van der Waals surface area contributed by atoms with Crippen LogP contribution in [0.15, 0.2) is 65.5 Å². The average molecular weight is 455 g/mol. The number of fused-ring (bicyclic) bond motifs is 1. The van der Waals surface area contributed by atoms with Crippen molar-refractivity contribution in [3.05, 3.63) is 77.0 Å². The number of rotatable bonds is 5. The van der Waals surface area contributed by atoms with Crippen LogP contribution in [0.2, 0.25) is 0 Å². The van der Waals surface area contributed by atoms with Crippen molar-refractivity contribution in [1.82, 2.24) is 19.7 Å². The van der Waals surface area contributed by atoms with Crippen LogP contribution in [-0.4, -0.2) is 43.8 Å². The van der Waals surface area contributed by atoms with E-state index in [1.54, 1.807) is 16.7 Å². The van der Waals surface area contributed by atoms with Crippen LogP contribution in [-0.2, 0) is 11.2 Å². The molecule has 2 N–H and O–H groups in total. The minimum atomic E-state index is -0.253. The van der Waals surface area contributed by atoms with Crippen molar-refractivity contribution in [2.75, 3.05) is 13.1 Å². The van der Waals surface area contributed by atoms with Crippen molar-refractivity contribution in [1.29, 1.82) is 0 Å². The fourth-order valence-corrected chi connectivity index (χ4v) is 4.99. The number of aromatic nitrogens is 3. The molecule has 1 aliphatic heterocycles. The van der Waals surface area contributed by atoms with Crippen LogP contribution in [0.3, 0.4) is 0 Å². The number of likely N-dealkylation sites (tertiary alicyclic amines) is 1. The molecule has 34 heavy (non-hydrogen) atoms. The van der Waals surface area contributed by atoms with Crippen molar-refractivity contribution in [3.63, 3.8) is 0 Å². The van der Waals surface area contributed by atoms with Crippen molar-refractivity contribution in [2.45, 2.75) is 25.7 Å². The summed E-state index contributed by atoms with van der Waals surface area (Å²) in [6.07, 6.45) is 3.65. The number of H-pyrrole nitrogens is 1.